The van der Waals surface area contributed by atoms with Gasteiger partial charge in [-0.05, 0) is 43.7 Å². The van der Waals surface area contributed by atoms with E-state index in [2.05, 4.69) is 10.6 Å². The van der Waals surface area contributed by atoms with Gasteiger partial charge in [0.05, 0.1) is 19.3 Å². The van der Waals surface area contributed by atoms with Crippen molar-refractivity contribution in [2.45, 2.75) is 20.0 Å². The molecule has 1 unspecified atom stereocenters. The number of methoxy groups -OCH3 is 1. The largest absolute Gasteiger partial charge is 0.493 e. The fraction of sp³-hybridized carbons (Fsp3) is 0.278. The number of rotatable bonds is 4. The molecule has 3 rings (SSSR count). The van der Waals surface area contributed by atoms with Crippen LogP contribution in [0.1, 0.15) is 34.6 Å². The summed E-state index contributed by atoms with van der Waals surface area (Å²) >= 11 is 0. The first-order chi connectivity index (χ1) is 11.1. The zero-order valence-corrected chi connectivity index (χ0v) is 13.5. The Balaban J connectivity index is 1.91. The molecule has 0 aromatic heterocycles. The smallest absolute Gasteiger partial charge is 0.255 e. The number of hydrogen-bond acceptors (Lipinski definition) is 4. The van der Waals surface area contributed by atoms with Crippen LogP contribution in [-0.4, -0.2) is 19.6 Å². The summed E-state index contributed by atoms with van der Waals surface area (Å²) in [6.45, 7) is 4.47. The summed E-state index contributed by atoms with van der Waals surface area (Å²) in [6, 6.07) is 11.5. The fourth-order valence-corrected chi connectivity index (χ4v) is 2.68. The second-order valence-electron chi connectivity index (χ2n) is 5.44. The lowest BCUT2D eigenvalue weighted by Crippen LogP contribution is -2.38. The molecule has 0 aliphatic carbocycles. The van der Waals surface area contributed by atoms with Gasteiger partial charge in [-0.1, -0.05) is 17.7 Å². The molecule has 1 atom stereocenters. The second kappa shape index (κ2) is 6.20. The van der Waals surface area contributed by atoms with Gasteiger partial charge in [0.15, 0.2) is 11.5 Å². The van der Waals surface area contributed by atoms with Crippen molar-refractivity contribution in [2.24, 2.45) is 0 Å². The Bertz CT molecular complexity index is 743. The molecular formula is C18H20N2O3. The minimum Gasteiger partial charge on any atom is -0.493 e. The third-order valence-electron chi connectivity index (χ3n) is 3.82. The van der Waals surface area contributed by atoms with E-state index >= 15 is 0 Å². The Morgan fingerprint density at radius 2 is 1.91 bits per heavy atom. The highest BCUT2D eigenvalue weighted by Gasteiger charge is 2.25. The molecule has 0 radical (unpaired) electrons. The molecule has 5 nitrogen and oxygen atoms in total. The Morgan fingerprint density at radius 3 is 2.65 bits per heavy atom. The first kappa shape index (κ1) is 15.2. The summed E-state index contributed by atoms with van der Waals surface area (Å²) in [5.74, 6) is 1.26. The van der Waals surface area contributed by atoms with Crippen molar-refractivity contribution in [1.29, 1.82) is 0 Å². The van der Waals surface area contributed by atoms with Gasteiger partial charge in [-0.25, -0.2) is 0 Å². The monoisotopic (exact) mass is 312 g/mol. The zero-order chi connectivity index (χ0) is 16.4. The van der Waals surface area contributed by atoms with E-state index in [1.807, 2.05) is 50.2 Å². The molecular weight excluding hydrogens is 292 g/mol. The molecule has 0 fully saturated rings. The van der Waals surface area contributed by atoms with Crippen molar-refractivity contribution in [3.63, 3.8) is 0 Å². The summed E-state index contributed by atoms with van der Waals surface area (Å²) in [7, 11) is 1.60. The molecule has 0 saturated heterocycles. The van der Waals surface area contributed by atoms with Crippen LogP contribution in [0, 0.1) is 6.92 Å². The number of nitrogens with one attached hydrogen (secondary N) is 2. The Labute approximate surface area is 135 Å². The van der Waals surface area contributed by atoms with Gasteiger partial charge in [0.25, 0.3) is 5.91 Å². The topological polar surface area (TPSA) is 59.6 Å². The SMILES string of the molecule is CCOc1ccc(C2NC(=O)c3cc(C)ccc3N2)cc1OC. The lowest BCUT2D eigenvalue weighted by Gasteiger charge is -2.28. The van der Waals surface area contributed by atoms with Crippen molar-refractivity contribution in [1.82, 2.24) is 5.32 Å². The van der Waals surface area contributed by atoms with Crippen LogP contribution >= 0.6 is 0 Å². The number of aryl methyl sites for hydroxylation is 1. The molecule has 1 aliphatic heterocycles. The molecule has 1 aliphatic rings. The van der Waals surface area contributed by atoms with Crippen LogP contribution in [0.4, 0.5) is 5.69 Å². The van der Waals surface area contributed by atoms with Gasteiger partial charge >= 0.3 is 0 Å². The molecule has 120 valence electrons. The number of ether oxygens (including phenoxy) is 2. The maximum Gasteiger partial charge on any atom is 0.255 e. The lowest BCUT2D eigenvalue weighted by molar-refractivity contribution is 0.0935. The summed E-state index contributed by atoms with van der Waals surface area (Å²) in [4.78, 5) is 12.3. The Morgan fingerprint density at radius 1 is 1.09 bits per heavy atom. The standard InChI is InChI=1S/C18H20N2O3/c1-4-23-15-8-6-12(10-16(15)22-3)17-19-14-7-5-11(2)9-13(14)18(21)20-17/h5-10,17,19H,4H2,1-3H3,(H,20,21). The molecule has 2 aromatic rings. The van der Waals surface area contributed by atoms with Crippen molar-refractivity contribution < 1.29 is 14.3 Å². The van der Waals surface area contributed by atoms with Crippen LogP contribution < -0.4 is 20.1 Å². The number of benzene rings is 2. The molecule has 0 bridgehead atoms. The average Bonchev–Trinajstić information content (AvgIpc) is 2.56. The van der Waals surface area contributed by atoms with Crippen LogP contribution in [0.25, 0.3) is 0 Å². The molecule has 5 heteroatoms. The quantitative estimate of drug-likeness (QED) is 0.910. The minimum absolute atomic E-state index is 0.0831. The van der Waals surface area contributed by atoms with Crippen LogP contribution in [0.15, 0.2) is 36.4 Å². The van der Waals surface area contributed by atoms with E-state index in [4.69, 9.17) is 9.47 Å². The second-order valence-corrected chi connectivity index (χ2v) is 5.44. The minimum atomic E-state index is -0.303. The first-order valence-electron chi connectivity index (χ1n) is 7.61. The maximum atomic E-state index is 12.3. The van der Waals surface area contributed by atoms with Crippen molar-refractivity contribution >= 4 is 11.6 Å². The van der Waals surface area contributed by atoms with E-state index in [1.165, 1.54) is 0 Å². The summed E-state index contributed by atoms with van der Waals surface area (Å²) in [5.41, 5.74) is 3.46. The third kappa shape index (κ3) is 2.95. The average molecular weight is 312 g/mol. The van der Waals surface area contributed by atoms with Crippen molar-refractivity contribution in [3.05, 3.63) is 53.1 Å². The highest BCUT2D eigenvalue weighted by Crippen LogP contribution is 2.33. The van der Waals surface area contributed by atoms with Gasteiger partial charge < -0.3 is 20.1 Å². The molecule has 0 spiro atoms. The molecule has 2 aromatic carbocycles. The van der Waals surface area contributed by atoms with Crippen molar-refractivity contribution in [3.8, 4) is 11.5 Å². The maximum absolute atomic E-state index is 12.3. The van der Waals surface area contributed by atoms with Gasteiger partial charge in [-0.15, -0.1) is 0 Å². The van der Waals surface area contributed by atoms with E-state index in [-0.39, 0.29) is 12.1 Å². The fourth-order valence-electron chi connectivity index (χ4n) is 2.68. The highest BCUT2D eigenvalue weighted by atomic mass is 16.5. The third-order valence-corrected chi connectivity index (χ3v) is 3.82. The Hall–Kier alpha value is -2.69. The number of fused-ring (bicyclic) bond motifs is 1. The number of anilines is 1. The van der Waals surface area contributed by atoms with Gasteiger partial charge in [-0.2, -0.15) is 0 Å². The van der Waals surface area contributed by atoms with Crippen LogP contribution in [-0.2, 0) is 0 Å². The molecule has 1 heterocycles. The number of carbonyl (C=O) groups is 1. The zero-order valence-electron chi connectivity index (χ0n) is 13.5. The Kier molecular flexibility index (Phi) is 4.10. The van der Waals surface area contributed by atoms with Gasteiger partial charge in [0, 0.05) is 5.69 Å². The molecule has 1 amide bonds. The summed E-state index contributed by atoms with van der Waals surface area (Å²) < 4.78 is 10.9. The number of amides is 1. The predicted molar refractivity (Wildman–Crippen MR) is 89.2 cm³/mol. The van der Waals surface area contributed by atoms with E-state index in [0.29, 0.717) is 23.7 Å². The van der Waals surface area contributed by atoms with Gasteiger partial charge in [0.1, 0.15) is 6.17 Å². The van der Waals surface area contributed by atoms with E-state index in [1.54, 1.807) is 7.11 Å². The number of hydrogen-bond donors (Lipinski definition) is 2. The van der Waals surface area contributed by atoms with Crippen LogP contribution in [0.3, 0.4) is 0 Å². The highest BCUT2D eigenvalue weighted by molar-refractivity contribution is 6.01. The molecule has 2 N–H and O–H groups in total. The predicted octanol–water partition coefficient (Wildman–Crippen LogP) is 3.26. The van der Waals surface area contributed by atoms with Crippen LogP contribution in [0.2, 0.25) is 0 Å². The summed E-state index contributed by atoms with van der Waals surface area (Å²) in [6.07, 6.45) is -0.303. The van der Waals surface area contributed by atoms with E-state index in [9.17, 15) is 4.79 Å². The van der Waals surface area contributed by atoms with Crippen molar-refractivity contribution in [2.75, 3.05) is 19.0 Å². The summed E-state index contributed by atoms with van der Waals surface area (Å²) in [5, 5.41) is 6.32. The first-order valence-corrected chi connectivity index (χ1v) is 7.61. The van der Waals surface area contributed by atoms with Gasteiger partial charge in [0.2, 0.25) is 0 Å². The molecule has 23 heavy (non-hydrogen) atoms. The van der Waals surface area contributed by atoms with E-state index < -0.39 is 0 Å². The lowest BCUT2D eigenvalue weighted by atomic mass is 10.0. The van der Waals surface area contributed by atoms with Crippen LogP contribution in [0.5, 0.6) is 11.5 Å². The van der Waals surface area contributed by atoms with Gasteiger partial charge in [-0.3, -0.25) is 4.79 Å². The number of carbonyl (C=O) groups excluding carboxylic acids is 1. The normalized spacial score (nSPS) is 16.1. The molecule has 0 saturated carbocycles. The van der Waals surface area contributed by atoms with E-state index in [0.717, 1.165) is 16.8 Å².